The second kappa shape index (κ2) is 5.74. The van der Waals surface area contributed by atoms with Crippen molar-refractivity contribution in [3.63, 3.8) is 0 Å². The van der Waals surface area contributed by atoms with E-state index < -0.39 is 17.8 Å². The fourth-order valence-corrected chi connectivity index (χ4v) is 3.95. The molecule has 0 aromatic rings. The van der Waals surface area contributed by atoms with Gasteiger partial charge in [-0.05, 0) is 50.3 Å². The molecule has 0 saturated carbocycles. The molecule has 2 saturated heterocycles. The summed E-state index contributed by atoms with van der Waals surface area (Å²) in [4.78, 5) is 13.3. The van der Waals surface area contributed by atoms with Crippen molar-refractivity contribution >= 4 is 17.7 Å². The smallest absolute Gasteiger partial charge is 0.315 e. The maximum absolute atomic E-state index is 13.0. The molecule has 2 heterocycles. The van der Waals surface area contributed by atoms with Gasteiger partial charge in [0.2, 0.25) is 0 Å². The van der Waals surface area contributed by atoms with Crippen molar-refractivity contribution in [2.45, 2.75) is 38.2 Å². The molecule has 6 heteroatoms. The molecular formula is C12H19F2NO2S. The number of nitrogens with zero attached hydrogens (tertiary/aromatic N) is 1. The van der Waals surface area contributed by atoms with E-state index in [1.54, 1.807) is 0 Å². The lowest BCUT2D eigenvalue weighted by molar-refractivity contribution is -0.165. The molecule has 104 valence electrons. The number of carboxylic acid groups (broad SMARTS) is 1. The largest absolute Gasteiger partial charge is 0.481 e. The van der Waals surface area contributed by atoms with Crippen molar-refractivity contribution in [1.82, 2.24) is 4.90 Å². The van der Waals surface area contributed by atoms with E-state index in [-0.39, 0.29) is 12.8 Å². The van der Waals surface area contributed by atoms with Crippen LogP contribution in [0.1, 0.15) is 25.7 Å². The second-order valence-corrected chi connectivity index (χ2v) is 6.37. The van der Waals surface area contributed by atoms with Crippen molar-refractivity contribution in [1.29, 1.82) is 0 Å². The first-order valence-electron chi connectivity index (χ1n) is 6.39. The Bertz CT molecular complexity index is 300. The highest BCUT2D eigenvalue weighted by Crippen LogP contribution is 2.39. The van der Waals surface area contributed by atoms with Gasteiger partial charge >= 0.3 is 5.97 Å². The van der Waals surface area contributed by atoms with Crippen LogP contribution in [0.2, 0.25) is 0 Å². The third kappa shape index (κ3) is 2.64. The Morgan fingerprint density at radius 3 is 2.28 bits per heavy atom. The molecule has 0 spiro atoms. The van der Waals surface area contributed by atoms with Gasteiger partial charge in [0.1, 0.15) is 5.41 Å². The number of alkyl halides is 2. The maximum atomic E-state index is 13.0. The molecule has 0 atom stereocenters. The third-order valence-electron chi connectivity index (χ3n) is 4.24. The van der Waals surface area contributed by atoms with Gasteiger partial charge in [-0.2, -0.15) is 11.8 Å². The second-order valence-electron chi connectivity index (χ2n) is 5.14. The predicted molar refractivity (Wildman–Crippen MR) is 67.2 cm³/mol. The number of carboxylic acids is 1. The zero-order valence-electron chi connectivity index (χ0n) is 10.3. The van der Waals surface area contributed by atoms with E-state index in [0.29, 0.717) is 19.1 Å². The summed E-state index contributed by atoms with van der Waals surface area (Å²) < 4.78 is 26.0. The molecule has 0 radical (unpaired) electrons. The van der Waals surface area contributed by atoms with Gasteiger partial charge in [0.25, 0.3) is 6.43 Å². The van der Waals surface area contributed by atoms with Crippen LogP contribution in [0, 0.1) is 5.41 Å². The van der Waals surface area contributed by atoms with Crippen molar-refractivity contribution in [2.75, 3.05) is 24.6 Å². The molecule has 2 aliphatic rings. The number of carbonyl (C=O) groups is 1. The molecule has 1 N–H and O–H groups in total. The Kier molecular flexibility index (Phi) is 4.48. The van der Waals surface area contributed by atoms with Crippen LogP contribution in [0.25, 0.3) is 0 Å². The Balaban J connectivity index is 1.95. The van der Waals surface area contributed by atoms with Crippen LogP contribution in [0.4, 0.5) is 8.78 Å². The first-order valence-corrected chi connectivity index (χ1v) is 7.55. The van der Waals surface area contributed by atoms with Crippen molar-refractivity contribution in [3.05, 3.63) is 0 Å². The van der Waals surface area contributed by atoms with E-state index in [2.05, 4.69) is 4.90 Å². The number of piperidine rings is 1. The minimum Gasteiger partial charge on any atom is -0.481 e. The van der Waals surface area contributed by atoms with Crippen LogP contribution in [0.15, 0.2) is 0 Å². The van der Waals surface area contributed by atoms with Crippen LogP contribution < -0.4 is 0 Å². The van der Waals surface area contributed by atoms with Crippen LogP contribution in [-0.2, 0) is 4.79 Å². The Hall–Kier alpha value is -0.360. The van der Waals surface area contributed by atoms with Crippen LogP contribution in [0.3, 0.4) is 0 Å². The normalized spacial score (nSPS) is 26.4. The van der Waals surface area contributed by atoms with Crippen molar-refractivity contribution in [3.8, 4) is 0 Å². The number of thioether (sulfide) groups is 1. The number of hydrogen-bond donors (Lipinski definition) is 1. The summed E-state index contributed by atoms with van der Waals surface area (Å²) in [6, 6.07) is 0.468. The van der Waals surface area contributed by atoms with E-state index in [9.17, 15) is 13.6 Å². The van der Waals surface area contributed by atoms with Crippen LogP contribution in [-0.4, -0.2) is 53.0 Å². The SMILES string of the molecule is O=C(O)C1(C(F)F)CCN(C2CCSCC2)CC1. The number of hydrogen-bond acceptors (Lipinski definition) is 3. The topological polar surface area (TPSA) is 40.5 Å². The van der Waals surface area contributed by atoms with E-state index >= 15 is 0 Å². The summed E-state index contributed by atoms with van der Waals surface area (Å²) in [6.45, 7) is 0.984. The maximum Gasteiger partial charge on any atom is 0.315 e. The van der Waals surface area contributed by atoms with Crippen LogP contribution in [0.5, 0.6) is 0 Å². The molecule has 0 aliphatic carbocycles. The molecule has 3 nitrogen and oxygen atoms in total. The van der Waals surface area contributed by atoms with E-state index in [4.69, 9.17) is 5.11 Å². The molecule has 0 aromatic heterocycles. The highest BCUT2D eigenvalue weighted by Gasteiger charge is 2.49. The van der Waals surface area contributed by atoms with E-state index in [0.717, 1.165) is 24.3 Å². The number of rotatable bonds is 3. The summed E-state index contributed by atoms with van der Waals surface area (Å²) in [7, 11) is 0. The summed E-state index contributed by atoms with van der Waals surface area (Å²) in [6.07, 6.45) is -0.425. The summed E-state index contributed by atoms with van der Waals surface area (Å²) in [5.41, 5.74) is -1.81. The average Bonchev–Trinajstić information content (AvgIpc) is 2.39. The fraction of sp³-hybridized carbons (Fsp3) is 0.917. The summed E-state index contributed by atoms with van der Waals surface area (Å²) >= 11 is 1.93. The van der Waals surface area contributed by atoms with Gasteiger partial charge in [0.05, 0.1) is 0 Å². The van der Waals surface area contributed by atoms with Crippen molar-refractivity contribution < 1.29 is 18.7 Å². The van der Waals surface area contributed by atoms with Gasteiger partial charge in [0, 0.05) is 6.04 Å². The molecule has 2 aliphatic heterocycles. The zero-order chi connectivity index (χ0) is 13.2. The summed E-state index contributed by atoms with van der Waals surface area (Å²) in [5.74, 6) is 0.913. The Morgan fingerprint density at radius 1 is 1.28 bits per heavy atom. The molecule has 0 bridgehead atoms. The van der Waals surface area contributed by atoms with Gasteiger partial charge in [-0.1, -0.05) is 0 Å². The average molecular weight is 279 g/mol. The lowest BCUT2D eigenvalue weighted by Crippen LogP contribution is -2.51. The molecule has 2 fully saturated rings. The van der Waals surface area contributed by atoms with E-state index in [1.165, 1.54) is 0 Å². The summed E-state index contributed by atoms with van der Waals surface area (Å²) in [5, 5.41) is 9.05. The molecule has 18 heavy (non-hydrogen) atoms. The molecule has 0 unspecified atom stereocenters. The number of aliphatic carboxylic acids is 1. The van der Waals surface area contributed by atoms with Gasteiger partial charge in [0.15, 0.2) is 0 Å². The number of likely N-dealkylation sites (tertiary alicyclic amines) is 1. The molecule has 2 rings (SSSR count). The highest BCUT2D eigenvalue weighted by atomic mass is 32.2. The lowest BCUT2D eigenvalue weighted by atomic mass is 9.78. The lowest BCUT2D eigenvalue weighted by Gasteiger charge is -2.42. The molecule has 0 aromatic carbocycles. The van der Waals surface area contributed by atoms with Crippen molar-refractivity contribution in [2.24, 2.45) is 5.41 Å². The van der Waals surface area contributed by atoms with Gasteiger partial charge in [-0.15, -0.1) is 0 Å². The first kappa shape index (κ1) is 14.1. The Morgan fingerprint density at radius 2 is 1.83 bits per heavy atom. The third-order valence-corrected chi connectivity index (χ3v) is 5.29. The minimum absolute atomic E-state index is 0.0731. The zero-order valence-corrected chi connectivity index (χ0v) is 11.1. The van der Waals surface area contributed by atoms with Gasteiger partial charge < -0.3 is 10.0 Å². The predicted octanol–water partition coefficient (Wildman–Crippen LogP) is 2.31. The fourth-order valence-electron chi connectivity index (χ4n) is 2.86. The van der Waals surface area contributed by atoms with Crippen LogP contribution >= 0.6 is 11.8 Å². The molecule has 0 amide bonds. The monoisotopic (exact) mass is 279 g/mol. The first-order chi connectivity index (χ1) is 8.56. The minimum atomic E-state index is -2.76. The standard InChI is InChI=1S/C12H19F2NO2S/c13-10(14)12(11(16)17)3-5-15(6-4-12)9-1-7-18-8-2-9/h9-10H,1-8H2,(H,16,17). The number of halogens is 2. The molecular weight excluding hydrogens is 260 g/mol. The van der Waals surface area contributed by atoms with Gasteiger partial charge in [-0.3, -0.25) is 4.79 Å². The van der Waals surface area contributed by atoms with Gasteiger partial charge in [-0.25, -0.2) is 8.78 Å². The quantitative estimate of drug-likeness (QED) is 0.860. The highest BCUT2D eigenvalue weighted by molar-refractivity contribution is 7.99. The Labute approximate surface area is 110 Å². The van der Waals surface area contributed by atoms with E-state index in [1.807, 2.05) is 11.8 Å².